The molecule has 1 rings (SSSR count). The summed E-state index contributed by atoms with van der Waals surface area (Å²) in [6, 6.07) is 6.61. The van der Waals surface area contributed by atoms with Crippen LogP contribution in [-0.2, 0) is 11.2 Å². The predicted octanol–water partition coefficient (Wildman–Crippen LogP) is 2.82. The molecule has 0 saturated heterocycles. The lowest BCUT2D eigenvalue weighted by atomic mass is 10.0. The molecule has 21 heavy (non-hydrogen) atoms. The second kappa shape index (κ2) is 9.45. The van der Waals surface area contributed by atoms with Gasteiger partial charge in [0.15, 0.2) is 0 Å². The molecular weight excluding hydrogens is 286 g/mol. The fourth-order valence-corrected chi connectivity index (χ4v) is 2.83. The smallest absolute Gasteiger partial charge is 0.335 e. The monoisotopic (exact) mass is 309 g/mol. The van der Waals surface area contributed by atoms with Crippen LogP contribution in [0.15, 0.2) is 24.3 Å². The fraction of sp³-hybridized carbons (Fsp3) is 0.500. The van der Waals surface area contributed by atoms with E-state index in [1.807, 2.05) is 11.8 Å². The van der Waals surface area contributed by atoms with Gasteiger partial charge in [-0.1, -0.05) is 32.0 Å². The van der Waals surface area contributed by atoms with Gasteiger partial charge in [-0.3, -0.25) is 4.79 Å². The zero-order valence-electron chi connectivity index (χ0n) is 12.6. The number of rotatable bonds is 9. The maximum Gasteiger partial charge on any atom is 0.335 e. The summed E-state index contributed by atoms with van der Waals surface area (Å²) < 4.78 is 0. The average molecular weight is 309 g/mol. The van der Waals surface area contributed by atoms with E-state index in [0.29, 0.717) is 18.0 Å². The molecule has 0 unspecified atom stereocenters. The van der Waals surface area contributed by atoms with Crippen molar-refractivity contribution in [3.63, 3.8) is 0 Å². The van der Waals surface area contributed by atoms with E-state index in [4.69, 9.17) is 5.11 Å². The number of hydrogen-bond acceptors (Lipinski definition) is 3. The Morgan fingerprint density at radius 2 is 2.00 bits per heavy atom. The first kappa shape index (κ1) is 17.6. The molecule has 0 spiro atoms. The largest absolute Gasteiger partial charge is 0.478 e. The number of carboxylic acid groups (broad SMARTS) is 1. The van der Waals surface area contributed by atoms with Crippen LogP contribution in [0.2, 0.25) is 0 Å². The highest BCUT2D eigenvalue weighted by Crippen LogP contribution is 2.10. The fourth-order valence-electron chi connectivity index (χ4n) is 1.84. The van der Waals surface area contributed by atoms with Crippen LogP contribution in [0.25, 0.3) is 0 Å². The van der Waals surface area contributed by atoms with E-state index in [1.54, 1.807) is 18.2 Å². The molecule has 0 fully saturated rings. The average Bonchev–Trinajstić information content (AvgIpc) is 2.42. The Morgan fingerprint density at radius 3 is 2.67 bits per heavy atom. The third-order valence-electron chi connectivity index (χ3n) is 2.84. The van der Waals surface area contributed by atoms with E-state index in [9.17, 15) is 9.59 Å². The Hall–Kier alpha value is -1.49. The summed E-state index contributed by atoms with van der Waals surface area (Å²) in [4.78, 5) is 22.9. The third-order valence-corrected chi connectivity index (χ3v) is 4.32. The van der Waals surface area contributed by atoms with Gasteiger partial charge in [-0.15, -0.1) is 0 Å². The zero-order chi connectivity index (χ0) is 15.7. The Kier molecular flexibility index (Phi) is 7.90. The number of nitrogens with one attached hydrogen (secondary N) is 1. The van der Waals surface area contributed by atoms with Gasteiger partial charge in [0.05, 0.1) is 12.0 Å². The quantitative estimate of drug-likeness (QED) is 0.688. The van der Waals surface area contributed by atoms with Gasteiger partial charge < -0.3 is 10.4 Å². The third kappa shape index (κ3) is 7.18. The highest BCUT2D eigenvalue weighted by molar-refractivity contribution is 7.99. The van der Waals surface area contributed by atoms with Crippen LogP contribution in [0.3, 0.4) is 0 Å². The minimum atomic E-state index is -0.997. The lowest BCUT2D eigenvalue weighted by Crippen LogP contribution is -2.27. The summed E-state index contributed by atoms with van der Waals surface area (Å²) in [5, 5.41) is 11.9. The number of carbonyl (C=O) groups is 2. The van der Waals surface area contributed by atoms with Crippen molar-refractivity contribution >= 4 is 23.6 Å². The van der Waals surface area contributed by atoms with E-state index in [2.05, 4.69) is 19.2 Å². The van der Waals surface area contributed by atoms with Gasteiger partial charge in [0, 0.05) is 6.54 Å². The maximum absolute atomic E-state index is 11.8. The lowest BCUT2D eigenvalue weighted by Gasteiger charge is -2.08. The predicted molar refractivity (Wildman–Crippen MR) is 86.9 cm³/mol. The Balaban J connectivity index is 2.30. The van der Waals surface area contributed by atoms with Crippen molar-refractivity contribution in [1.82, 2.24) is 5.32 Å². The second-order valence-electron chi connectivity index (χ2n) is 5.31. The van der Waals surface area contributed by atoms with Crippen LogP contribution < -0.4 is 5.32 Å². The minimum absolute atomic E-state index is 0.113. The van der Waals surface area contributed by atoms with Gasteiger partial charge in [0.2, 0.25) is 5.91 Å². The Morgan fingerprint density at radius 1 is 1.29 bits per heavy atom. The number of thioether (sulfide) groups is 1. The van der Waals surface area contributed by atoms with Crippen LogP contribution in [0.5, 0.6) is 0 Å². The Bertz CT molecular complexity index is 474. The van der Waals surface area contributed by atoms with E-state index in [0.717, 1.165) is 17.9 Å². The Labute approximate surface area is 130 Å². The molecule has 116 valence electrons. The molecule has 1 aromatic carbocycles. The summed E-state index contributed by atoms with van der Waals surface area (Å²) in [5.41, 5.74) is 0.747. The number of benzene rings is 1. The van der Waals surface area contributed by atoms with Crippen LogP contribution in [-0.4, -0.2) is 35.0 Å². The molecule has 0 saturated carbocycles. The summed E-state index contributed by atoms with van der Waals surface area (Å²) in [5.74, 6) is 1.74. The van der Waals surface area contributed by atoms with Gasteiger partial charge in [0.25, 0.3) is 0 Å². The molecule has 1 amide bonds. The van der Waals surface area contributed by atoms with Crippen molar-refractivity contribution in [1.29, 1.82) is 0 Å². The lowest BCUT2D eigenvalue weighted by molar-refractivity contribution is -0.120. The van der Waals surface area contributed by atoms with Crippen LogP contribution in [0.4, 0.5) is 0 Å². The van der Waals surface area contributed by atoms with Gasteiger partial charge in [-0.25, -0.2) is 4.79 Å². The van der Waals surface area contributed by atoms with E-state index in [-0.39, 0.29) is 17.9 Å². The van der Waals surface area contributed by atoms with Gasteiger partial charge in [-0.2, -0.15) is 11.8 Å². The molecular formula is C16H23NO3S. The van der Waals surface area contributed by atoms with Crippen molar-refractivity contribution in [2.45, 2.75) is 26.7 Å². The molecule has 5 heteroatoms. The summed E-state index contributed by atoms with van der Waals surface area (Å²) in [6.07, 6.45) is 1.05. The SMILES string of the molecule is CC(C)CSCCCNC(=O)Cc1ccccc1C(=O)O. The van der Waals surface area contributed by atoms with Crippen molar-refractivity contribution < 1.29 is 14.7 Å². The molecule has 0 heterocycles. The van der Waals surface area contributed by atoms with Gasteiger partial charge >= 0.3 is 5.97 Å². The van der Waals surface area contributed by atoms with E-state index in [1.165, 1.54) is 6.07 Å². The summed E-state index contributed by atoms with van der Waals surface area (Å²) in [6.45, 7) is 5.02. The number of aromatic carboxylic acids is 1. The first-order valence-electron chi connectivity index (χ1n) is 7.16. The molecule has 4 nitrogen and oxygen atoms in total. The summed E-state index contributed by atoms with van der Waals surface area (Å²) >= 11 is 1.89. The molecule has 0 aromatic heterocycles. The highest BCUT2D eigenvalue weighted by Gasteiger charge is 2.11. The molecule has 0 aliphatic rings. The highest BCUT2D eigenvalue weighted by atomic mass is 32.2. The van der Waals surface area contributed by atoms with Crippen molar-refractivity contribution in [2.24, 2.45) is 5.92 Å². The molecule has 1 aromatic rings. The van der Waals surface area contributed by atoms with Crippen molar-refractivity contribution in [2.75, 3.05) is 18.1 Å². The molecule has 0 radical (unpaired) electrons. The zero-order valence-corrected chi connectivity index (χ0v) is 13.4. The van der Waals surface area contributed by atoms with Crippen molar-refractivity contribution in [3.8, 4) is 0 Å². The topological polar surface area (TPSA) is 66.4 Å². The van der Waals surface area contributed by atoms with Gasteiger partial charge in [0.1, 0.15) is 0 Å². The molecule has 0 atom stereocenters. The number of amides is 1. The maximum atomic E-state index is 11.8. The number of carboxylic acids is 1. The van der Waals surface area contributed by atoms with E-state index < -0.39 is 5.97 Å². The minimum Gasteiger partial charge on any atom is -0.478 e. The van der Waals surface area contributed by atoms with Crippen LogP contribution in [0, 0.1) is 5.92 Å². The first-order chi connectivity index (χ1) is 10.0. The standard InChI is InChI=1S/C16H23NO3S/c1-12(2)11-21-9-5-8-17-15(18)10-13-6-3-4-7-14(13)16(19)20/h3-4,6-7,12H,5,8-11H2,1-2H3,(H,17,18)(H,19,20). The molecule has 0 aliphatic heterocycles. The second-order valence-corrected chi connectivity index (χ2v) is 6.46. The molecule has 0 aliphatic carbocycles. The normalized spacial score (nSPS) is 10.6. The van der Waals surface area contributed by atoms with Crippen LogP contribution >= 0.6 is 11.8 Å². The molecule has 2 N–H and O–H groups in total. The van der Waals surface area contributed by atoms with Gasteiger partial charge in [-0.05, 0) is 35.5 Å². The van der Waals surface area contributed by atoms with Crippen LogP contribution in [0.1, 0.15) is 36.2 Å². The number of hydrogen-bond donors (Lipinski definition) is 2. The first-order valence-corrected chi connectivity index (χ1v) is 8.31. The van der Waals surface area contributed by atoms with E-state index >= 15 is 0 Å². The van der Waals surface area contributed by atoms with Crippen molar-refractivity contribution in [3.05, 3.63) is 35.4 Å². The molecule has 0 bridgehead atoms. The summed E-state index contributed by atoms with van der Waals surface area (Å²) in [7, 11) is 0. The number of carbonyl (C=O) groups excluding carboxylic acids is 1.